The average Bonchev–Trinajstić information content (AvgIpc) is 3.30. The SMILES string of the molecule is CCOc1ccc(S(=O)(=O)Nc2ccc(C(=O)NCCOc3ccc4c(c3)OCO4)cc2)cc1. The molecule has 4 rings (SSSR count). The minimum Gasteiger partial charge on any atom is -0.494 e. The second-order valence-electron chi connectivity index (χ2n) is 7.21. The predicted octanol–water partition coefficient (Wildman–Crippen LogP) is 3.42. The molecule has 0 saturated carbocycles. The molecule has 9 nitrogen and oxygen atoms in total. The quantitative estimate of drug-likeness (QED) is 0.424. The molecule has 34 heavy (non-hydrogen) atoms. The highest BCUT2D eigenvalue weighted by Crippen LogP contribution is 2.35. The van der Waals surface area contributed by atoms with Crippen LogP contribution in [0.25, 0.3) is 0 Å². The fraction of sp³-hybridized carbons (Fsp3) is 0.208. The second kappa shape index (κ2) is 10.3. The lowest BCUT2D eigenvalue weighted by Gasteiger charge is -2.10. The van der Waals surface area contributed by atoms with Crippen LogP contribution in [-0.2, 0) is 10.0 Å². The number of amides is 1. The molecule has 0 atom stereocenters. The van der Waals surface area contributed by atoms with Crippen LogP contribution in [0.5, 0.6) is 23.0 Å². The van der Waals surface area contributed by atoms with Gasteiger partial charge in [-0.1, -0.05) is 0 Å². The molecule has 0 fully saturated rings. The molecule has 0 aliphatic carbocycles. The van der Waals surface area contributed by atoms with Crippen molar-refractivity contribution in [1.29, 1.82) is 0 Å². The fourth-order valence-corrected chi connectivity index (χ4v) is 4.25. The van der Waals surface area contributed by atoms with E-state index in [1.807, 2.05) is 6.92 Å². The van der Waals surface area contributed by atoms with Crippen molar-refractivity contribution in [3.8, 4) is 23.0 Å². The molecule has 178 valence electrons. The van der Waals surface area contributed by atoms with Gasteiger partial charge in [0.1, 0.15) is 18.1 Å². The summed E-state index contributed by atoms with van der Waals surface area (Å²) in [6.45, 7) is 3.10. The Bertz CT molecular complexity index is 1240. The number of carbonyl (C=O) groups is 1. The number of ether oxygens (including phenoxy) is 4. The lowest BCUT2D eigenvalue weighted by molar-refractivity contribution is 0.0947. The van der Waals surface area contributed by atoms with Gasteiger partial charge >= 0.3 is 0 Å². The van der Waals surface area contributed by atoms with Crippen molar-refractivity contribution < 1.29 is 32.2 Å². The van der Waals surface area contributed by atoms with Gasteiger partial charge in [0.2, 0.25) is 6.79 Å². The highest BCUT2D eigenvalue weighted by Gasteiger charge is 2.15. The lowest BCUT2D eigenvalue weighted by atomic mass is 10.2. The van der Waals surface area contributed by atoms with Gasteiger partial charge in [-0.2, -0.15) is 0 Å². The van der Waals surface area contributed by atoms with Crippen molar-refractivity contribution in [3.05, 3.63) is 72.3 Å². The van der Waals surface area contributed by atoms with Crippen LogP contribution in [0.1, 0.15) is 17.3 Å². The Morgan fingerprint density at radius 2 is 1.62 bits per heavy atom. The minimum absolute atomic E-state index is 0.111. The third kappa shape index (κ3) is 5.70. The molecule has 1 amide bonds. The number of nitrogens with one attached hydrogen (secondary N) is 2. The van der Waals surface area contributed by atoms with Gasteiger partial charge in [0.25, 0.3) is 15.9 Å². The third-order valence-electron chi connectivity index (χ3n) is 4.84. The van der Waals surface area contributed by atoms with Gasteiger partial charge in [-0.3, -0.25) is 9.52 Å². The summed E-state index contributed by atoms with van der Waals surface area (Å²) < 4.78 is 49.2. The van der Waals surface area contributed by atoms with Crippen LogP contribution in [0.2, 0.25) is 0 Å². The van der Waals surface area contributed by atoms with Gasteiger partial charge in [-0.05, 0) is 67.6 Å². The first-order valence-corrected chi connectivity index (χ1v) is 12.1. The molecule has 0 aromatic heterocycles. The number of anilines is 1. The first kappa shape index (κ1) is 23.2. The Morgan fingerprint density at radius 3 is 2.35 bits per heavy atom. The van der Waals surface area contributed by atoms with Crippen LogP contribution in [0, 0.1) is 0 Å². The fourth-order valence-electron chi connectivity index (χ4n) is 3.19. The summed E-state index contributed by atoms with van der Waals surface area (Å²) in [5.74, 6) is 2.21. The van der Waals surface area contributed by atoms with Gasteiger partial charge in [-0.25, -0.2) is 8.42 Å². The number of hydrogen-bond acceptors (Lipinski definition) is 7. The van der Waals surface area contributed by atoms with Crippen molar-refractivity contribution in [1.82, 2.24) is 5.32 Å². The van der Waals surface area contributed by atoms with Crippen molar-refractivity contribution in [3.63, 3.8) is 0 Å². The van der Waals surface area contributed by atoms with E-state index in [9.17, 15) is 13.2 Å². The summed E-state index contributed by atoms with van der Waals surface area (Å²) in [7, 11) is -3.77. The first-order chi connectivity index (χ1) is 16.4. The number of hydrogen-bond donors (Lipinski definition) is 2. The maximum Gasteiger partial charge on any atom is 0.261 e. The number of rotatable bonds is 10. The third-order valence-corrected chi connectivity index (χ3v) is 6.24. The Morgan fingerprint density at radius 1 is 0.912 bits per heavy atom. The smallest absolute Gasteiger partial charge is 0.261 e. The van der Waals surface area contributed by atoms with E-state index in [1.54, 1.807) is 42.5 Å². The maximum absolute atomic E-state index is 12.6. The summed E-state index contributed by atoms with van der Waals surface area (Å²) in [5.41, 5.74) is 0.740. The zero-order chi connectivity index (χ0) is 24.0. The first-order valence-electron chi connectivity index (χ1n) is 10.6. The molecule has 1 aliphatic heterocycles. The highest BCUT2D eigenvalue weighted by atomic mass is 32.2. The molecule has 0 spiro atoms. The largest absolute Gasteiger partial charge is 0.494 e. The summed E-state index contributed by atoms with van der Waals surface area (Å²) in [6.07, 6.45) is 0. The average molecular weight is 485 g/mol. The normalized spacial score (nSPS) is 12.1. The number of benzene rings is 3. The van der Waals surface area contributed by atoms with Crippen LogP contribution < -0.4 is 29.0 Å². The van der Waals surface area contributed by atoms with Crippen LogP contribution in [0.3, 0.4) is 0 Å². The number of fused-ring (bicyclic) bond motifs is 1. The van der Waals surface area contributed by atoms with Crippen molar-refractivity contribution in [2.75, 3.05) is 31.3 Å². The van der Waals surface area contributed by atoms with E-state index < -0.39 is 10.0 Å². The molecule has 0 unspecified atom stereocenters. The molecule has 1 heterocycles. The molecule has 3 aromatic carbocycles. The maximum atomic E-state index is 12.6. The molecule has 1 aliphatic rings. The van der Waals surface area contributed by atoms with Gasteiger partial charge in [0.05, 0.1) is 18.0 Å². The molecular weight excluding hydrogens is 460 g/mol. The van der Waals surface area contributed by atoms with Crippen LogP contribution in [-0.4, -0.2) is 40.9 Å². The standard InChI is InChI=1S/C24H24N2O7S/c1-2-30-19-7-10-21(11-8-19)34(28,29)26-18-5-3-17(4-6-18)24(27)25-13-14-31-20-9-12-22-23(15-20)33-16-32-22/h3-12,15,26H,2,13-14,16H2,1H3,(H,25,27). The van der Waals surface area contributed by atoms with E-state index in [2.05, 4.69) is 10.0 Å². The molecule has 3 aromatic rings. The summed E-state index contributed by atoms with van der Waals surface area (Å²) >= 11 is 0. The Hall–Kier alpha value is -3.92. The Balaban J connectivity index is 1.26. The van der Waals surface area contributed by atoms with Gasteiger partial charge < -0.3 is 24.3 Å². The zero-order valence-corrected chi connectivity index (χ0v) is 19.3. The van der Waals surface area contributed by atoms with E-state index >= 15 is 0 Å². The summed E-state index contributed by atoms with van der Waals surface area (Å²) in [5, 5.41) is 2.76. The van der Waals surface area contributed by atoms with E-state index in [0.29, 0.717) is 47.4 Å². The Labute approximate surface area is 197 Å². The highest BCUT2D eigenvalue weighted by molar-refractivity contribution is 7.92. The second-order valence-corrected chi connectivity index (χ2v) is 8.89. The number of carbonyl (C=O) groups excluding carboxylic acids is 1. The zero-order valence-electron chi connectivity index (χ0n) is 18.4. The van der Waals surface area contributed by atoms with Gasteiger partial charge in [0, 0.05) is 17.3 Å². The molecule has 0 bridgehead atoms. The molecule has 0 radical (unpaired) electrons. The predicted molar refractivity (Wildman–Crippen MR) is 125 cm³/mol. The van der Waals surface area contributed by atoms with Crippen LogP contribution >= 0.6 is 0 Å². The van der Waals surface area contributed by atoms with Crippen molar-refractivity contribution >= 4 is 21.6 Å². The van der Waals surface area contributed by atoms with E-state index in [1.165, 1.54) is 24.3 Å². The number of sulfonamides is 1. The topological polar surface area (TPSA) is 112 Å². The van der Waals surface area contributed by atoms with Gasteiger partial charge in [0.15, 0.2) is 11.5 Å². The van der Waals surface area contributed by atoms with Crippen molar-refractivity contribution in [2.45, 2.75) is 11.8 Å². The van der Waals surface area contributed by atoms with E-state index in [-0.39, 0.29) is 24.2 Å². The van der Waals surface area contributed by atoms with Crippen molar-refractivity contribution in [2.24, 2.45) is 0 Å². The molecular formula is C24H24N2O7S. The lowest BCUT2D eigenvalue weighted by Crippen LogP contribution is -2.28. The van der Waals surface area contributed by atoms with E-state index in [4.69, 9.17) is 18.9 Å². The Kier molecular flexibility index (Phi) is 7.07. The van der Waals surface area contributed by atoms with E-state index in [0.717, 1.165) is 0 Å². The van der Waals surface area contributed by atoms with Crippen LogP contribution in [0.15, 0.2) is 71.6 Å². The monoisotopic (exact) mass is 484 g/mol. The molecule has 2 N–H and O–H groups in total. The van der Waals surface area contributed by atoms with Crippen LogP contribution in [0.4, 0.5) is 5.69 Å². The summed E-state index contributed by atoms with van der Waals surface area (Å²) in [6, 6.07) is 17.6. The van der Waals surface area contributed by atoms with Gasteiger partial charge in [-0.15, -0.1) is 0 Å². The molecule has 10 heteroatoms. The summed E-state index contributed by atoms with van der Waals surface area (Å²) in [4.78, 5) is 12.5. The minimum atomic E-state index is -3.77. The molecule has 0 saturated heterocycles.